The predicted octanol–water partition coefficient (Wildman–Crippen LogP) is 2.89. The first-order valence-electron chi connectivity index (χ1n) is 7.63. The summed E-state index contributed by atoms with van der Waals surface area (Å²) < 4.78 is 12.9. The van der Waals surface area contributed by atoms with Gasteiger partial charge >= 0.3 is 5.97 Å². The van der Waals surface area contributed by atoms with E-state index in [2.05, 4.69) is 0 Å². The number of nitrogens with zero attached hydrogens (tertiary/aromatic N) is 1. The van der Waals surface area contributed by atoms with Crippen LogP contribution in [0.5, 0.6) is 0 Å². The Morgan fingerprint density at radius 1 is 1.32 bits per heavy atom. The van der Waals surface area contributed by atoms with Crippen LogP contribution in [0.1, 0.15) is 38.2 Å². The van der Waals surface area contributed by atoms with Crippen molar-refractivity contribution in [3.8, 4) is 0 Å². The number of aliphatic carboxylic acids is 1. The minimum absolute atomic E-state index is 0.0198. The Morgan fingerprint density at radius 2 is 1.95 bits per heavy atom. The van der Waals surface area contributed by atoms with Gasteiger partial charge < -0.3 is 10.0 Å². The zero-order chi connectivity index (χ0) is 16.3. The Balaban J connectivity index is 1.98. The van der Waals surface area contributed by atoms with Gasteiger partial charge in [-0.05, 0) is 36.0 Å². The Morgan fingerprint density at radius 3 is 2.55 bits per heavy atom. The maximum Gasteiger partial charge on any atom is 0.308 e. The second-order valence-corrected chi connectivity index (χ2v) is 6.33. The Labute approximate surface area is 129 Å². The van der Waals surface area contributed by atoms with Crippen LogP contribution < -0.4 is 0 Å². The number of hydrogen-bond acceptors (Lipinski definition) is 2. The summed E-state index contributed by atoms with van der Waals surface area (Å²) in [5.41, 5.74) is 0.912. The van der Waals surface area contributed by atoms with Crippen LogP contribution in [-0.2, 0) is 9.59 Å². The van der Waals surface area contributed by atoms with Crippen molar-refractivity contribution < 1.29 is 19.1 Å². The first-order valence-corrected chi connectivity index (χ1v) is 7.63. The zero-order valence-electron chi connectivity index (χ0n) is 13.0. The fourth-order valence-electron chi connectivity index (χ4n) is 3.03. The van der Waals surface area contributed by atoms with Gasteiger partial charge in [0, 0.05) is 19.5 Å². The van der Waals surface area contributed by atoms with Crippen molar-refractivity contribution >= 4 is 11.9 Å². The summed E-state index contributed by atoms with van der Waals surface area (Å²) in [4.78, 5) is 25.3. The normalized spacial score (nSPS) is 23.1. The summed E-state index contributed by atoms with van der Waals surface area (Å²) in [7, 11) is 0. The molecule has 1 heterocycles. The van der Waals surface area contributed by atoms with Crippen LogP contribution in [0, 0.1) is 17.7 Å². The van der Waals surface area contributed by atoms with Crippen molar-refractivity contribution in [1.29, 1.82) is 0 Å². The lowest BCUT2D eigenvalue weighted by Gasteiger charge is -2.35. The zero-order valence-corrected chi connectivity index (χ0v) is 13.0. The number of carboxylic acids is 1. The molecular weight excluding hydrogens is 285 g/mol. The van der Waals surface area contributed by atoms with E-state index in [1.165, 1.54) is 12.1 Å². The van der Waals surface area contributed by atoms with Crippen LogP contribution in [0.25, 0.3) is 0 Å². The molecule has 5 heteroatoms. The van der Waals surface area contributed by atoms with Gasteiger partial charge in [0.15, 0.2) is 0 Å². The van der Waals surface area contributed by atoms with E-state index in [4.69, 9.17) is 5.11 Å². The molecule has 1 aliphatic heterocycles. The number of carbonyl (C=O) groups excluding carboxylic acids is 1. The molecule has 3 atom stereocenters. The van der Waals surface area contributed by atoms with Crippen LogP contribution in [0.2, 0.25) is 0 Å². The first kappa shape index (κ1) is 16.5. The van der Waals surface area contributed by atoms with Crippen LogP contribution >= 0.6 is 0 Å². The van der Waals surface area contributed by atoms with Crippen molar-refractivity contribution in [2.24, 2.45) is 11.8 Å². The average Bonchev–Trinajstić information content (AvgIpc) is 2.47. The number of likely N-dealkylation sites (tertiary alicyclic amines) is 1. The molecule has 22 heavy (non-hydrogen) atoms. The summed E-state index contributed by atoms with van der Waals surface area (Å²) in [6.45, 7) is 4.79. The predicted molar refractivity (Wildman–Crippen MR) is 80.9 cm³/mol. The van der Waals surface area contributed by atoms with Gasteiger partial charge in [0.2, 0.25) is 5.91 Å². The molecule has 120 valence electrons. The highest BCUT2D eigenvalue weighted by Gasteiger charge is 2.32. The number of amides is 1. The Kier molecular flexibility index (Phi) is 5.16. The van der Waals surface area contributed by atoms with Gasteiger partial charge in [-0.25, -0.2) is 4.39 Å². The first-order chi connectivity index (χ1) is 10.4. The maximum absolute atomic E-state index is 12.9. The molecule has 1 aromatic rings. The van der Waals surface area contributed by atoms with E-state index in [1.54, 1.807) is 17.0 Å². The average molecular weight is 307 g/mol. The number of benzene rings is 1. The Bertz CT molecular complexity index is 543. The maximum atomic E-state index is 12.9. The largest absolute Gasteiger partial charge is 0.481 e. The third-order valence-electron chi connectivity index (χ3n) is 4.28. The molecule has 1 N–H and O–H groups in total. The fraction of sp³-hybridized carbons (Fsp3) is 0.529. The van der Waals surface area contributed by atoms with E-state index < -0.39 is 11.9 Å². The molecule has 1 fully saturated rings. The van der Waals surface area contributed by atoms with E-state index in [9.17, 15) is 14.0 Å². The summed E-state index contributed by atoms with van der Waals surface area (Å²) in [5.74, 6) is -1.47. The van der Waals surface area contributed by atoms with E-state index in [0.717, 1.165) is 5.56 Å². The number of piperidine rings is 1. The molecule has 0 spiro atoms. The highest BCUT2D eigenvalue weighted by Crippen LogP contribution is 2.25. The molecular formula is C17H22FNO3. The molecule has 4 nitrogen and oxygen atoms in total. The highest BCUT2D eigenvalue weighted by molar-refractivity contribution is 5.78. The SMILES string of the molecule is CC1CC(C(=O)O)CN(C(=O)CC(C)c2ccc(F)cc2)C1. The number of carboxylic acid groups (broad SMARTS) is 1. The van der Waals surface area contributed by atoms with E-state index >= 15 is 0 Å². The van der Waals surface area contributed by atoms with Crippen molar-refractivity contribution in [3.05, 3.63) is 35.6 Å². The standard InChI is InChI=1S/C17H22FNO3/c1-11-7-14(17(21)22)10-19(9-11)16(20)8-12(2)13-3-5-15(18)6-4-13/h3-6,11-12,14H,7-10H2,1-2H3,(H,21,22). The number of hydrogen-bond donors (Lipinski definition) is 1. The molecule has 0 saturated carbocycles. The highest BCUT2D eigenvalue weighted by atomic mass is 19.1. The number of halogens is 1. The summed E-state index contributed by atoms with van der Waals surface area (Å²) >= 11 is 0. The summed E-state index contributed by atoms with van der Waals surface area (Å²) in [6.07, 6.45) is 0.928. The fourth-order valence-corrected chi connectivity index (χ4v) is 3.03. The second-order valence-electron chi connectivity index (χ2n) is 6.33. The minimum Gasteiger partial charge on any atom is -0.481 e. The molecule has 1 aliphatic rings. The monoisotopic (exact) mass is 307 g/mol. The topological polar surface area (TPSA) is 57.6 Å². The van der Waals surface area contributed by atoms with Crippen molar-refractivity contribution in [2.75, 3.05) is 13.1 Å². The molecule has 1 aromatic carbocycles. The lowest BCUT2D eigenvalue weighted by atomic mass is 9.89. The smallest absolute Gasteiger partial charge is 0.308 e. The van der Waals surface area contributed by atoms with Gasteiger partial charge in [0.25, 0.3) is 0 Å². The lowest BCUT2D eigenvalue weighted by molar-refractivity contribution is -0.147. The van der Waals surface area contributed by atoms with Crippen LogP contribution in [0.15, 0.2) is 24.3 Å². The third kappa shape index (κ3) is 4.06. The molecule has 2 rings (SSSR count). The van der Waals surface area contributed by atoms with Crippen molar-refractivity contribution in [1.82, 2.24) is 4.90 Å². The van der Waals surface area contributed by atoms with Crippen LogP contribution in [0.4, 0.5) is 4.39 Å². The van der Waals surface area contributed by atoms with Crippen molar-refractivity contribution in [3.63, 3.8) is 0 Å². The van der Waals surface area contributed by atoms with E-state index in [1.807, 2.05) is 13.8 Å². The van der Waals surface area contributed by atoms with E-state index in [-0.39, 0.29) is 30.1 Å². The quantitative estimate of drug-likeness (QED) is 0.930. The molecule has 1 amide bonds. The van der Waals surface area contributed by atoms with Gasteiger partial charge in [-0.1, -0.05) is 26.0 Å². The number of carbonyl (C=O) groups is 2. The van der Waals surface area contributed by atoms with Crippen LogP contribution in [-0.4, -0.2) is 35.0 Å². The molecule has 0 aliphatic carbocycles. The van der Waals surface area contributed by atoms with Crippen molar-refractivity contribution in [2.45, 2.75) is 32.6 Å². The van der Waals surface area contributed by atoms with Gasteiger partial charge in [0.1, 0.15) is 5.82 Å². The van der Waals surface area contributed by atoms with E-state index in [0.29, 0.717) is 19.4 Å². The van der Waals surface area contributed by atoms with Crippen LogP contribution in [0.3, 0.4) is 0 Å². The van der Waals surface area contributed by atoms with Gasteiger partial charge in [-0.2, -0.15) is 0 Å². The molecule has 0 radical (unpaired) electrons. The molecule has 0 aromatic heterocycles. The van der Waals surface area contributed by atoms with Gasteiger partial charge in [-0.15, -0.1) is 0 Å². The minimum atomic E-state index is -0.837. The lowest BCUT2D eigenvalue weighted by Crippen LogP contribution is -2.45. The molecule has 0 bridgehead atoms. The summed E-state index contributed by atoms with van der Waals surface area (Å²) in [6, 6.07) is 6.15. The summed E-state index contributed by atoms with van der Waals surface area (Å²) in [5, 5.41) is 9.17. The Hall–Kier alpha value is -1.91. The second kappa shape index (κ2) is 6.90. The van der Waals surface area contributed by atoms with Gasteiger partial charge in [0.05, 0.1) is 5.92 Å². The number of rotatable bonds is 4. The van der Waals surface area contributed by atoms with Gasteiger partial charge in [-0.3, -0.25) is 9.59 Å². The molecule has 1 saturated heterocycles. The third-order valence-corrected chi connectivity index (χ3v) is 4.28. The molecule has 3 unspecified atom stereocenters.